The highest BCUT2D eigenvalue weighted by Gasteiger charge is 2.31. The summed E-state index contributed by atoms with van der Waals surface area (Å²) in [6.45, 7) is 1.35. The average molecular weight is 381 g/mol. The fraction of sp³-hybridized carbons (Fsp3) is 0.600. The van der Waals surface area contributed by atoms with E-state index in [0.29, 0.717) is 25.4 Å². The zero-order valence-corrected chi connectivity index (χ0v) is 16.2. The van der Waals surface area contributed by atoms with E-state index in [-0.39, 0.29) is 36.1 Å². The van der Waals surface area contributed by atoms with Gasteiger partial charge in [0, 0.05) is 37.0 Å². The van der Waals surface area contributed by atoms with E-state index in [1.54, 1.807) is 7.11 Å². The number of benzene rings is 1. The van der Waals surface area contributed by atoms with Crippen molar-refractivity contribution in [3.05, 3.63) is 29.8 Å². The van der Waals surface area contributed by atoms with Gasteiger partial charge in [-0.2, -0.15) is 0 Å². The minimum Gasteiger partial charge on any atom is -0.497 e. The van der Waals surface area contributed by atoms with E-state index in [1.807, 2.05) is 29.2 Å². The van der Waals surface area contributed by atoms with Crippen LogP contribution in [0.5, 0.6) is 5.75 Å². The minimum atomic E-state index is 0. The molecule has 0 spiro atoms. The van der Waals surface area contributed by atoms with Crippen LogP contribution in [-0.4, -0.2) is 42.8 Å². The van der Waals surface area contributed by atoms with Gasteiger partial charge in [-0.3, -0.25) is 9.59 Å². The molecule has 3 rings (SSSR count). The van der Waals surface area contributed by atoms with Crippen molar-refractivity contribution in [1.82, 2.24) is 4.90 Å². The third-order valence-corrected chi connectivity index (χ3v) is 5.75. The first kappa shape index (κ1) is 20.7. The highest BCUT2D eigenvalue weighted by Crippen LogP contribution is 2.29. The molecule has 0 bridgehead atoms. The maximum atomic E-state index is 12.6. The average Bonchev–Trinajstić information content (AvgIpc) is 3.06. The van der Waals surface area contributed by atoms with Gasteiger partial charge >= 0.3 is 0 Å². The van der Waals surface area contributed by atoms with E-state index in [4.69, 9.17) is 10.5 Å². The van der Waals surface area contributed by atoms with Gasteiger partial charge in [-0.1, -0.05) is 6.42 Å². The van der Waals surface area contributed by atoms with E-state index in [2.05, 4.69) is 0 Å². The fourth-order valence-corrected chi connectivity index (χ4v) is 4.05. The molecule has 1 aromatic carbocycles. The van der Waals surface area contributed by atoms with Crippen LogP contribution in [0.3, 0.4) is 0 Å². The molecule has 1 heterocycles. The Hall–Kier alpha value is -1.59. The Kier molecular flexibility index (Phi) is 7.47. The van der Waals surface area contributed by atoms with E-state index in [9.17, 15) is 9.59 Å². The molecule has 0 unspecified atom stereocenters. The van der Waals surface area contributed by atoms with Crippen LogP contribution in [0.15, 0.2) is 24.3 Å². The van der Waals surface area contributed by atoms with Crippen LogP contribution in [0.25, 0.3) is 0 Å². The molecule has 2 aliphatic rings. The monoisotopic (exact) mass is 380 g/mol. The molecule has 26 heavy (non-hydrogen) atoms. The van der Waals surface area contributed by atoms with E-state index in [1.165, 1.54) is 0 Å². The second kappa shape index (κ2) is 9.38. The van der Waals surface area contributed by atoms with Crippen LogP contribution in [0.2, 0.25) is 0 Å². The molecule has 1 saturated heterocycles. The third kappa shape index (κ3) is 4.77. The molecule has 2 N–H and O–H groups in total. The lowest BCUT2D eigenvalue weighted by Gasteiger charge is -2.32. The zero-order valence-electron chi connectivity index (χ0n) is 15.4. The predicted molar refractivity (Wildman–Crippen MR) is 104 cm³/mol. The first-order valence-electron chi connectivity index (χ1n) is 9.30. The molecule has 2 fully saturated rings. The number of hydrogen-bond donors (Lipinski definition) is 1. The smallest absolute Gasteiger partial charge is 0.222 e. The number of amides is 1. The second-order valence-electron chi connectivity index (χ2n) is 7.31. The van der Waals surface area contributed by atoms with Gasteiger partial charge in [0.1, 0.15) is 5.75 Å². The van der Waals surface area contributed by atoms with Crippen molar-refractivity contribution < 1.29 is 14.3 Å². The van der Waals surface area contributed by atoms with Gasteiger partial charge in [0.15, 0.2) is 5.78 Å². The number of carbonyl (C=O) groups is 2. The van der Waals surface area contributed by atoms with Crippen molar-refractivity contribution in [1.29, 1.82) is 0 Å². The third-order valence-electron chi connectivity index (χ3n) is 5.75. The topological polar surface area (TPSA) is 72.6 Å². The summed E-state index contributed by atoms with van der Waals surface area (Å²) < 4.78 is 5.13. The molecule has 0 radical (unpaired) electrons. The number of hydrogen-bond acceptors (Lipinski definition) is 4. The second-order valence-corrected chi connectivity index (χ2v) is 7.31. The number of nitrogens with zero attached hydrogens (tertiary/aromatic N) is 1. The van der Waals surface area contributed by atoms with Crippen LogP contribution in [0.4, 0.5) is 0 Å². The van der Waals surface area contributed by atoms with Gasteiger partial charge in [0.25, 0.3) is 0 Å². The Balaban J connectivity index is 0.00000243. The summed E-state index contributed by atoms with van der Waals surface area (Å²) in [5.41, 5.74) is 6.80. The molecule has 1 aliphatic carbocycles. The standard InChI is InChI=1S/C20H28N2O3.ClH/c1-25-17-7-5-14(6-8-17)20(24)15-9-11-22(12-10-15)19(23)13-16-3-2-4-18(16)21;/h5-8,15-16,18H,2-4,9-13,21H2,1H3;1H/t16-,18+;/m0./s1. The normalized spacial score (nSPS) is 23.4. The lowest BCUT2D eigenvalue weighted by Crippen LogP contribution is -2.41. The molecular weight excluding hydrogens is 352 g/mol. The van der Waals surface area contributed by atoms with Crippen molar-refractivity contribution in [3.8, 4) is 5.75 Å². The molecule has 1 aromatic rings. The predicted octanol–water partition coefficient (Wildman–Crippen LogP) is 3.06. The summed E-state index contributed by atoms with van der Waals surface area (Å²) in [7, 11) is 1.61. The number of carbonyl (C=O) groups excluding carboxylic acids is 2. The highest BCUT2D eigenvalue weighted by molar-refractivity contribution is 5.98. The van der Waals surface area contributed by atoms with Crippen LogP contribution in [0, 0.1) is 11.8 Å². The first-order chi connectivity index (χ1) is 12.1. The van der Waals surface area contributed by atoms with Crippen LogP contribution in [-0.2, 0) is 4.79 Å². The Bertz CT molecular complexity index is 612. The number of Topliss-reactive ketones (excluding diaryl/α,β-unsaturated/α-hetero) is 1. The first-order valence-corrected chi connectivity index (χ1v) is 9.30. The molecule has 144 valence electrons. The summed E-state index contributed by atoms with van der Waals surface area (Å²) >= 11 is 0. The van der Waals surface area contributed by atoms with Crippen LogP contribution >= 0.6 is 12.4 Å². The van der Waals surface area contributed by atoms with Gasteiger partial charge in [0.2, 0.25) is 5.91 Å². The number of methoxy groups -OCH3 is 1. The summed E-state index contributed by atoms with van der Waals surface area (Å²) in [4.78, 5) is 27.0. The maximum Gasteiger partial charge on any atom is 0.222 e. The van der Waals surface area contributed by atoms with E-state index in [0.717, 1.165) is 43.4 Å². The van der Waals surface area contributed by atoms with Gasteiger partial charge in [0.05, 0.1) is 7.11 Å². The molecule has 1 aliphatic heterocycles. The number of nitrogens with two attached hydrogens (primary N) is 1. The Morgan fingerprint density at radius 2 is 1.77 bits per heavy atom. The summed E-state index contributed by atoms with van der Waals surface area (Å²) in [6.07, 6.45) is 5.30. The number of likely N-dealkylation sites (tertiary alicyclic amines) is 1. The molecular formula is C20H29ClN2O3. The van der Waals surface area contributed by atoms with E-state index >= 15 is 0 Å². The maximum absolute atomic E-state index is 12.6. The fourth-order valence-electron chi connectivity index (χ4n) is 4.05. The van der Waals surface area contributed by atoms with Crippen molar-refractivity contribution >= 4 is 24.1 Å². The Labute approximate surface area is 161 Å². The zero-order chi connectivity index (χ0) is 17.8. The molecule has 1 saturated carbocycles. The number of ketones is 1. The van der Waals surface area contributed by atoms with Crippen LogP contribution in [0.1, 0.15) is 48.9 Å². The quantitative estimate of drug-likeness (QED) is 0.797. The summed E-state index contributed by atoms with van der Waals surface area (Å²) in [5.74, 6) is 1.48. The number of piperidine rings is 1. The molecule has 1 amide bonds. The lowest BCUT2D eigenvalue weighted by atomic mass is 9.88. The molecule has 0 aromatic heterocycles. The Morgan fingerprint density at radius 3 is 2.31 bits per heavy atom. The summed E-state index contributed by atoms with van der Waals surface area (Å²) in [5, 5.41) is 0. The molecule has 6 heteroatoms. The van der Waals surface area contributed by atoms with Gasteiger partial charge in [-0.05, 0) is 55.9 Å². The van der Waals surface area contributed by atoms with Crippen LogP contribution < -0.4 is 10.5 Å². The van der Waals surface area contributed by atoms with Gasteiger partial charge in [-0.25, -0.2) is 0 Å². The molecule has 2 atom stereocenters. The van der Waals surface area contributed by atoms with Crippen molar-refractivity contribution in [2.45, 2.75) is 44.6 Å². The minimum absolute atomic E-state index is 0. The summed E-state index contributed by atoms with van der Waals surface area (Å²) in [6, 6.07) is 7.45. The van der Waals surface area contributed by atoms with Crippen molar-refractivity contribution in [3.63, 3.8) is 0 Å². The number of ether oxygens (including phenoxy) is 1. The van der Waals surface area contributed by atoms with Gasteiger partial charge in [-0.15, -0.1) is 12.4 Å². The Morgan fingerprint density at radius 1 is 1.12 bits per heavy atom. The van der Waals surface area contributed by atoms with Crippen molar-refractivity contribution in [2.24, 2.45) is 17.6 Å². The number of halogens is 1. The lowest BCUT2D eigenvalue weighted by molar-refractivity contribution is -0.133. The SMILES string of the molecule is COc1ccc(C(=O)C2CCN(C(=O)C[C@@H]3CCC[C@H]3N)CC2)cc1.Cl. The number of rotatable bonds is 5. The largest absolute Gasteiger partial charge is 0.497 e. The van der Waals surface area contributed by atoms with Gasteiger partial charge < -0.3 is 15.4 Å². The van der Waals surface area contributed by atoms with Crippen molar-refractivity contribution in [2.75, 3.05) is 20.2 Å². The van der Waals surface area contributed by atoms with E-state index < -0.39 is 0 Å². The molecule has 5 nitrogen and oxygen atoms in total. The highest BCUT2D eigenvalue weighted by atomic mass is 35.5.